The molecule has 1 aromatic carbocycles. The molecule has 0 atom stereocenters. The summed E-state index contributed by atoms with van der Waals surface area (Å²) in [4.78, 5) is 4.73. The molecule has 0 fully saturated rings. The quantitative estimate of drug-likeness (QED) is 0.921. The highest BCUT2D eigenvalue weighted by Gasteiger charge is 2.17. The summed E-state index contributed by atoms with van der Waals surface area (Å²) >= 11 is 6.09. The summed E-state index contributed by atoms with van der Waals surface area (Å²) in [6.45, 7) is 8.43. The fourth-order valence-corrected chi connectivity index (χ4v) is 2.47. The Morgan fingerprint density at radius 2 is 2.05 bits per heavy atom. The molecule has 1 aromatic heterocycles. The van der Waals surface area contributed by atoms with Crippen molar-refractivity contribution in [3.63, 3.8) is 0 Å². The molecule has 0 saturated heterocycles. The maximum atomic E-state index is 6.09. The van der Waals surface area contributed by atoms with Crippen LogP contribution in [-0.4, -0.2) is 15.1 Å². The van der Waals surface area contributed by atoms with E-state index in [0.29, 0.717) is 6.04 Å². The summed E-state index contributed by atoms with van der Waals surface area (Å²) < 4.78 is 2.26. The van der Waals surface area contributed by atoms with Crippen LogP contribution in [0.3, 0.4) is 0 Å². The molecular weight excluding hydrogens is 258 g/mol. The van der Waals surface area contributed by atoms with Crippen LogP contribution >= 0.6 is 11.6 Å². The van der Waals surface area contributed by atoms with Crippen LogP contribution in [0.2, 0.25) is 5.02 Å². The SMILES string of the molecule is CC(C)n1c(CCC(C)(C)N)nc2ccc(Cl)cc21. The van der Waals surface area contributed by atoms with Crippen LogP contribution in [-0.2, 0) is 6.42 Å². The Hall–Kier alpha value is -1.06. The van der Waals surface area contributed by atoms with Gasteiger partial charge in [0.2, 0.25) is 0 Å². The summed E-state index contributed by atoms with van der Waals surface area (Å²) in [5, 5.41) is 0.750. The van der Waals surface area contributed by atoms with Gasteiger partial charge >= 0.3 is 0 Å². The molecule has 1 heterocycles. The highest BCUT2D eigenvalue weighted by molar-refractivity contribution is 6.31. The highest BCUT2D eigenvalue weighted by Crippen LogP contribution is 2.25. The predicted molar refractivity (Wildman–Crippen MR) is 81.7 cm³/mol. The first-order valence-corrected chi connectivity index (χ1v) is 7.11. The Morgan fingerprint density at radius 1 is 1.37 bits per heavy atom. The minimum Gasteiger partial charge on any atom is -0.326 e. The summed E-state index contributed by atoms with van der Waals surface area (Å²) in [7, 11) is 0. The zero-order valence-electron chi connectivity index (χ0n) is 12.1. The lowest BCUT2D eigenvalue weighted by Crippen LogP contribution is -2.32. The van der Waals surface area contributed by atoms with E-state index in [1.807, 2.05) is 32.0 Å². The molecule has 0 radical (unpaired) electrons. The van der Waals surface area contributed by atoms with E-state index in [9.17, 15) is 0 Å². The maximum Gasteiger partial charge on any atom is 0.110 e. The normalized spacial score (nSPS) is 12.6. The monoisotopic (exact) mass is 279 g/mol. The molecule has 0 spiro atoms. The lowest BCUT2D eigenvalue weighted by atomic mass is 10.00. The first kappa shape index (κ1) is 14.4. The van der Waals surface area contributed by atoms with Crippen LogP contribution in [0.25, 0.3) is 11.0 Å². The van der Waals surface area contributed by atoms with E-state index in [1.54, 1.807) is 0 Å². The Bertz CT molecular complexity index is 579. The van der Waals surface area contributed by atoms with Crippen LogP contribution in [0.1, 0.15) is 46.0 Å². The van der Waals surface area contributed by atoms with E-state index in [0.717, 1.165) is 34.7 Å². The van der Waals surface area contributed by atoms with Gasteiger partial charge in [-0.05, 0) is 52.3 Å². The highest BCUT2D eigenvalue weighted by atomic mass is 35.5. The minimum atomic E-state index is -0.169. The second-order valence-electron chi connectivity index (χ2n) is 6.11. The van der Waals surface area contributed by atoms with Gasteiger partial charge in [0, 0.05) is 23.0 Å². The van der Waals surface area contributed by atoms with Crippen molar-refractivity contribution in [3.05, 3.63) is 29.0 Å². The minimum absolute atomic E-state index is 0.169. The second-order valence-corrected chi connectivity index (χ2v) is 6.55. The number of nitrogens with two attached hydrogens (primary N) is 1. The van der Waals surface area contributed by atoms with Crippen molar-refractivity contribution in [1.82, 2.24) is 9.55 Å². The largest absolute Gasteiger partial charge is 0.326 e. The van der Waals surface area contributed by atoms with E-state index in [4.69, 9.17) is 22.3 Å². The van der Waals surface area contributed by atoms with E-state index in [2.05, 4.69) is 18.4 Å². The van der Waals surface area contributed by atoms with Crippen molar-refractivity contribution in [2.24, 2.45) is 5.73 Å². The summed E-state index contributed by atoms with van der Waals surface area (Å²) in [5.74, 6) is 1.09. The van der Waals surface area contributed by atoms with Crippen LogP contribution in [0.4, 0.5) is 0 Å². The van der Waals surface area contributed by atoms with Gasteiger partial charge in [0.15, 0.2) is 0 Å². The second kappa shape index (κ2) is 5.14. The number of aryl methyl sites for hydroxylation is 1. The molecule has 2 N–H and O–H groups in total. The van der Waals surface area contributed by atoms with Crippen molar-refractivity contribution in [3.8, 4) is 0 Å². The van der Waals surface area contributed by atoms with E-state index in [1.165, 1.54) is 0 Å². The zero-order valence-corrected chi connectivity index (χ0v) is 12.8. The standard InChI is InChI=1S/C15H22ClN3/c1-10(2)19-13-9-11(16)5-6-12(13)18-14(19)7-8-15(3,4)17/h5-6,9-10H,7-8,17H2,1-4H3. The van der Waals surface area contributed by atoms with Gasteiger partial charge in [0.25, 0.3) is 0 Å². The molecular formula is C15H22ClN3. The molecule has 0 aliphatic heterocycles. The number of benzene rings is 1. The topological polar surface area (TPSA) is 43.8 Å². The lowest BCUT2D eigenvalue weighted by molar-refractivity contribution is 0.459. The van der Waals surface area contributed by atoms with E-state index < -0.39 is 0 Å². The van der Waals surface area contributed by atoms with Crippen molar-refractivity contribution in [2.75, 3.05) is 0 Å². The van der Waals surface area contributed by atoms with Gasteiger partial charge in [-0.2, -0.15) is 0 Å². The van der Waals surface area contributed by atoms with Crippen LogP contribution in [0.5, 0.6) is 0 Å². The third-order valence-corrected chi connectivity index (χ3v) is 3.47. The summed E-state index contributed by atoms with van der Waals surface area (Å²) in [6, 6.07) is 6.21. The van der Waals surface area contributed by atoms with Crippen LogP contribution in [0, 0.1) is 0 Å². The Labute approximate surface area is 119 Å². The number of hydrogen-bond acceptors (Lipinski definition) is 2. The van der Waals surface area contributed by atoms with Gasteiger partial charge in [0.05, 0.1) is 11.0 Å². The Kier molecular flexibility index (Phi) is 3.88. The summed E-state index contributed by atoms with van der Waals surface area (Å²) in [5.41, 5.74) is 8.01. The van der Waals surface area contributed by atoms with E-state index >= 15 is 0 Å². The van der Waals surface area contributed by atoms with Crippen molar-refractivity contribution < 1.29 is 0 Å². The first-order valence-electron chi connectivity index (χ1n) is 6.73. The molecule has 4 heteroatoms. The molecule has 2 aromatic rings. The molecule has 3 nitrogen and oxygen atoms in total. The molecule has 0 aliphatic rings. The third kappa shape index (κ3) is 3.28. The van der Waals surface area contributed by atoms with Gasteiger partial charge in [-0.25, -0.2) is 4.98 Å². The Morgan fingerprint density at radius 3 is 2.63 bits per heavy atom. The summed E-state index contributed by atoms with van der Waals surface area (Å²) in [6.07, 6.45) is 1.80. The number of fused-ring (bicyclic) bond motifs is 1. The third-order valence-electron chi connectivity index (χ3n) is 3.23. The molecule has 0 saturated carbocycles. The number of halogens is 1. The van der Waals surface area contributed by atoms with Crippen LogP contribution in [0.15, 0.2) is 18.2 Å². The molecule has 104 valence electrons. The van der Waals surface area contributed by atoms with Crippen molar-refractivity contribution >= 4 is 22.6 Å². The van der Waals surface area contributed by atoms with Gasteiger partial charge in [-0.1, -0.05) is 11.6 Å². The molecule has 0 bridgehead atoms. The van der Waals surface area contributed by atoms with Crippen LogP contribution < -0.4 is 5.73 Å². The van der Waals surface area contributed by atoms with Crippen molar-refractivity contribution in [2.45, 2.75) is 52.1 Å². The number of nitrogens with zero attached hydrogens (tertiary/aromatic N) is 2. The van der Waals surface area contributed by atoms with Gasteiger partial charge in [0.1, 0.15) is 5.82 Å². The van der Waals surface area contributed by atoms with Gasteiger partial charge in [-0.3, -0.25) is 0 Å². The average molecular weight is 280 g/mol. The predicted octanol–water partition coefficient (Wildman–Crippen LogP) is 3.94. The fraction of sp³-hybridized carbons (Fsp3) is 0.533. The maximum absolute atomic E-state index is 6.09. The van der Waals surface area contributed by atoms with Gasteiger partial charge < -0.3 is 10.3 Å². The molecule has 19 heavy (non-hydrogen) atoms. The Balaban J connectivity index is 2.45. The number of hydrogen-bond donors (Lipinski definition) is 1. The lowest BCUT2D eigenvalue weighted by Gasteiger charge is -2.19. The number of rotatable bonds is 4. The number of aromatic nitrogens is 2. The molecule has 0 unspecified atom stereocenters. The van der Waals surface area contributed by atoms with E-state index in [-0.39, 0.29) is 5.54 Å². The van der Waals surface area contributed by atoms with Crippen molar-refractivity contribution in [1.29, 1.82) is 0 Å². The first-order chi connectivity index (χ1) is 8.78. The van der Waals surface area contributed by atoms with Gasteiger partial charge in [-0.15, -0.1) is 0 Å². The zero-order chi connectivity index (χ0) is 14.2. The number of imidazole rings is 1. The molecule has 2 rings (SSSR count). The smallest absolute Gasteiger partial charge is 0.110 e. The molecule has 0 aliphatic carbocycles. The fourth-order valence-electron chi connectivity index (χ4n) is 2.30. The molecule has 0 amide bonds. The average Bonchev–Trinajstić information content (AvgIpc) is 2.63.